The molecule has 1 aromatic carbocycles. The number of amides is 2. The van der Waals surface area contributed by atoms with Crippen LogP contribution in [0.25, 0.3) is 0 Å². The average molecular weight is 302 g/mol. The van der Waals surface area contributed by atoms with Crippen LogP contribution in [0.1, 0.15) is 18.4 Å². The van der Waals surface area contributed by atoms with Crippen molar-refractivity contribution in [3.8, 4) is 0 Å². The highest BCUT2D eigenvalue weighted by Crippen LogP contribution is 2.50. The quantitative estimate of drug-likeness (QED) is 0.589. The summed E-state index contributed by atoms with van der Waals surface area (Å²) in [5, 5.41) is 0.587. The summed E-state index contributed by atoms with van der Waals surface area (Å²) in [5.41, 5.74) is 1.55. The van der Waals surface area contributed by atoms with Crippen LogP contribution in [0.15, 0.2) is 30.4 Å². The van der Waals surface area contributed by atoms with E-state index in [1.54, 1.807) is 6.07 Å². The molecule has 0 radical (unpaired) electrons. The van der Waals surface area contributed by atoms with Gasteiger partial charge in [-0.2, -0.15) is 0 Å². The number of allylic oxidation sites excluding steroid dienone is 2. The number of fused-ring (bicyclic) bond motifs is 1. The molecule has 0 unspecified atom stereocenters. The average Bonchev–Trinajstić information content (AvgIpc) is 2.78. The van der Waals surface area contributed by atoms with Crippen molar-refractivity contribution in [2.24, 2.45) is 23.7 Å². The van der Waals surface area contributed by atoms with Crippen molar-refractivity contribution in [3.05, 3.63) is 40.9 Å². The molecule has 21 heavy (non-hydrogen) atoms. The van der Waals surface area contributed by atoms with E-state index in [0.29, 0.717) is 10.7 Å². The van der Waals surface area contributed by atoms with Gasteiger partial charge in [0.25, 0.3) is 0 Å². The lowest BCUT2D eigenvalue weighted by atomic mass is 9.63. The first-order valence-electron chi connectivity index (χ1n) is 7.40. The zero-order valence-electron chi connectivity index (χ0n) is 11.8. The standard InChI is InChI=1S/C17H16ClNO2/c1-9-2-7-12(8-13(9)18)19-16(20)14-10-3-4-11(6-5-10)15(14)17(19)21/h2-4,7-8,10-11,14-15H,5-6H2,1H3/t10-,11-,14-,15+/m1/s1. The van der Waals surface area contributed by atoms with Gasteiger partial charge < -0.3 is 0 Å². The fourth-order valence-electron chi connectivity index (χ4n) is 4.05. The molecule has 4 atom stereocenters. The van der Waals surface area contributed by atoms with Crippen LogP contribution >= 0.6 is 11.6 Å². The van der Waals surface area contributed by atoms with Gasteiger partial charge in [-0.3, -0.25) is 9.59 Å². The van der Waals surface area contributed by atoms with E-state index >= 15 is 0 Å². The van der Waals surface area contributed by atoms with Crippen LogP contribution in [0.2, 0.25) is 5.02 Å². The first-order valence-corrected chi connectivity index (χ1v) is 7.78. The predicted octanol–water partition coefficient (Wildman–Crippen LogP) is 3.35. The number of rotatable bonds is 1. The van der Waals surface area contributed by atoms with Crippen LogP contribution in [-0.4, -0.2) is 11.8 Å². The van der Waals surface area contributed by atoms with Gasteiger partial charge in [-0.25, -0.2) is 4.90 Å². The highest BCUT2D eigenvalue weighted by Gasteiger charge is 2.56. The Hall–Kier alpha value is -1.61. The number of hydrogen-bond acceptors (Lipinski definition) is 2. The summed E-state index contributed by atoms with van der Waals surface area (Å²) >= 11 is 6.15. The molecule has 1 aliphatic heterocycles. The zero-order chi connectivity index (χ0) is 14.7. The number of hydrogen-bond donors (Lipinski definition) is 0. The predicted molar refractivity (Wildman–Crippen MR) is 81.0 cm³/mol. The molecule has 2 amide bonds. The minimum absolute atomic E-state index is 0.0519. The zero-order valence-corrected chi connectivity index (χ0v) is 12.5. The molecule has 5 rings (SSSR count). The second-order valence-corrected chi connectivity index (χ2v) is 6.69. The van der Waals surface area contributed by atoms with Crippen LogP contribution in [0, 0.1) is 30.6 Å². The maximum atomic E-state index is 12.8. The Kier molecular flexibility index (Phi) is 2.77. The first-order chi connectivity index (χ1) is 10.1. The van der Waals surface area contributed by atoms with Gasteiger partial charge in [-0.05, 0) is 49.3 Å². The summed E-state index contributed by atoms with van der Waals surface area (Å²) < 4.78 is 0. The second kappa shape index (κ2) is 4.44. The van der Waals surface area contributed by atoms with E-state index in [-0.39, 0.29) is 35.5 Å². The summed E-state index contributed by atoms with van der Waals surface area (Å²) in [6.45, 7) is 1.91. The Balaban J connectivity index is 1.76. The molecule has 0 N–H and O–H groups in total. The van der Waals surface area contributed by atoms with Gasteiger partial charge in [0.2, 0.25) is 11.8 Å². The largest absolute Gasteiger partial charge is 0.274 e. The van der Waals surface area contributed by atoms with Crippen molar-refractivity contribution < 1.29 is 9.59 Å². The van der Waals surface area contributed by atoms with Gasteiger partial charge in [0.15, 0.2) is 0 Å². The van der Waals surface area contributed by atoms with Crippen LogP contribution in [0.5, 0.6) is 0 Å². The molecule has 3 aliphatic carbocycles. The summed E-state index contributed by atoms with van der Waals surface area (Å²) in [6, 6.07) is 5.39. The van der Waals surface area contributed by atoms with Crippen molar-refractivity contribution in [3.63, 3.8) is 0 Å². The maximum absolute atomic E-state index is 12.8. The van der Waals surface area contributed by atoms with Crippen molar-refractivity contribution >= 4 is 29.1 Å². The van der Waals surface area contributed by atoms with Crippen LogP contribution in [-0.2, 0) is 9.59 Å². The Morgan fingerprint density at radius 2 is 1.62 bits per heavy atom. The molecule has 0 spiro atoms. The summed E-state index contributed by atoms with van der Waals surface area (Å²) in [4.78, 5) is 26.9. The molecule has 108 valence electrons. The molecular weight excluding hydrogens is 286 g/mol. The number of nitrogens with zero attached hydrogens (tertiary/aromatic N) is 1. The van der Waals surface area contributed by atoms with Gasteiger partial charge in [-0.1, -0.05) is 29.8 Å². The highest BCUT2D eigenvalue weighted by atomic mass is 35.5. The number of carbonyl (C=O) groups excluding carboxylic acids is 2. The van der Waals surface area contributed by atoms with Crippen LogP contribution in [0.3, 0.4) is 0 Å². The van der Waals surface area contributed by atoms with Gasteiger partial charge >= 0.3 is 0 Å². The smallest absolute Gasteiger partial charge is 0.238 e. The summed E-state index contributed by atoms with van der Waals surface area (Å²) in [5.74, 6) is 0.0142. The number of aryl methyl sites for hydroxylation is 1. The topological polar surface area (TPSA) is 37.4 Å². The van der Waals surface area contributed by atoms with E-state index in [2.05, 4.69) is 12.2 Å². The van der Waals surface area contributed by atoms with Gasteiger partial charge in [-0.15, -0.1) is 0 Å². The summed E-state index contributed by atoms with van der Waals surface area (Å²) in [7, 11) is 0. The lowest BCUT2D eigenvalue weighted by molar-refractivity contribution is -0.124. The molecule has 4 aliphatic rings. The molecule has 1 heterocycles. The summed E-state index contributed by atoms with van der Waals surface area (Å²) in [6.07, 6.45) is 6.30. The Bertz CT molecular complexity index is 649. The molecule has 0 aromatic heterocycles. The second-order valence-electron chi connectivity index (χ2n) is 6.29. The molecule has 2 fully saturated rings. The number of imide groups is 1. The maximum Gasteiger partial charge on any atom is 0.238 e. The SMILES string of the molecule is Cc1ccc(N2C(=O)[C@@H]3[C@H](C2=O)[C@@H]2C=C[C@@H]3CC2)cc1Cl. The normalized spacial score (nSPS) is 33.7. The first kappa shape index (κ1) is 13.1. The Labute approximate surface area is 128 Å². The fourth-order valence-corrected chi connectivity index (χ4v) is 4.22. The van der Waals surface area contributed by atoms with E-state index in [1.807, 2.05) is 19.1 Å². The van der Waals surface area contributed by atoms with Gasteiger partial charge in [0.05, 0.1) is 17.5 Å². The number of benzene rings is 1. The van der Waals surface area contributed by atoms with Gasteiger partial charge in [0, 0.05) is 5.02 Å². The molecule has 4 heteroatoms. The van der Waals surface area contributed by atoms with Crippen molar-refractivity contribution in [1.29, 1.82) is 0 Å². The molecule has 1 aromatic rings. The minimum Gasteiger partial charge on any atom is -0.274 e. The van der Waals surface area contributed by atoms with Crippen molar-refractivity contribution in [2.45, 2.75) is 19.8 Å². The third-order valence-electron chi connectivity index (χ3n) is 5.17. The Morgan fingerprint density at radius 1 is 1.05 bits per heavy atom. The molecular formula is C17H16ClNO2. The van der Waals surface area contributed by atoms with E-state index in [9.17, 15) is 9.59 Å². The van der Waals surface area contributed by atoms with Crippen molar-refractivity contribution in [1.82, 2.24) is 0 Å². The molecule has 2 bridgehead atoms. The molecule has 3 nitrogen and oxygen atoms in total. The molecule has 1 saturated carbocycles. The highest BCUT2D eigenvalue weighted by molar-refractivity contribution is 6.32. The molecule has 1 saturated heterocycles. The van der Waals surface area contributed by atoms with Crippen LogP contribution in [0.4, 0.5) is 5.69 Å². The van der Waals surface area contributed by atoms with Crippen molar-refractivity contribution in [2.75, 3.05) is 4.90 Å². The Morgan fingerprint density at radius 3 is 2.10 bits per heavy atom. The third-order valence-corrected chi connectivity index (χ3v) is 5.58. The van der Waals surface area contributed by atoms with Gasteiger partial charge in [0.1, 0.15) is 0 Å². The van der Waals surface area contributed by atoms with Crippen LogP contribution < -0.4 is 4.90 Å². The number of halogens is 1. The van der Waals surface area contributed by atoms with E-state index in [1.165, 1.54) is 4.90 Å². The van der Waals surface area contributed by atoms with E-state index < -0.39 is 0 Å². The minimum atomic E-state index is -0.165. The lowest BCUT2D eigenvalue weighted by Gasteiger charge is -2.38. The van der Waals surface area contributed by atoms with E-state index in [4.69, 9.17) is 11.6 Å². The van der Waals surface area contributed by atoms with E-state index in [0.717, 1.165) is 18.4 Å². The number of anilines is 1. The fraction of sp³-hybridized carbons (Fsp3) is 0.412. The lowest BCUT2D eigenvalue weighted by Crippen LogP contribution is -2.38. The number of carbonyl (C=O) groups is 2. The monoisotopic (exact) mass is 301 g/mol. The third kappa shape index (κ3) is 1.73.